The van der Waals surface area contributed by atoms with E-state index in [-0.39, 0.29) is 0 Å². The van der Waals surface area contributed by atoms with Gasteiger partial charge in [-0.2, -0.15) is 0 Å². The highest BCUT2D eigenvalue weighted by Crippen LogP contribution is 2.44. The summed E-state index contributed by atoms with van der Waals surface area (Å²) in [6.07, 6.45) is 0. The van der Waals surface area contributed by atoms with Crippen molar-refractivity contribution in [1.82, 2.24) is 19.1 Å². The Morgan fingerprint density at radius 2 is 1.02 bits per heavy atom. The van der Waals surface area contributed by atoms with Gasteiger partial charge < -0.3 is 4.57 Å². The van der Waals surface area contributed by atoms with Crippen molar-refractivity contribution in [2.24, 2.45) is 0 Å². The van der Waals surface area contributed by atoms with Crippen LogP contribution in [0.25, 0.3) is 119 Å². The molecule has 13 aromatic rings. The van der Waals surface area contributed by atoms with Crippen molar-refractivity contribution >= 4 is 96.8 Å². The second kappa shape index (κ2) is 12.4. The van der Waals surface area contributed by atoms with Crippen LogP contribution in [0, 0.1) is 0 Å². The van der Waals surface area contributed by atoms with Crippen LogP contribution < -0.4 is 0 Å². The SMILES string of the molecule is c1ccc(-n2c3ccccc3c3c4ccccc4c(-c4ccc5c(c4)c4ccccc4n5-c4nc(-c5cccc6c5sc5ccccc56)c5ccccc5n4)cc32)cc1. The van der Waals surface area contributed by atoms with Crippen molar-refractivity contribution in [3.63, 3.8) is 0 Å². The lowest BCUT2D eigenvalue weighted by Crippen LogP contribution is -2.03. The molecule has 4 nitrogen and oxygen atoms in total. The van der Waals surface area contributed by atoms with E-state index in [2.05, 4.69) is 203 Å². The lowest BCUT2D eigenvalue weighted by atomic mass is 9.94. The third-order valence-electron chi connectivity index (χ3n) is 12.1. The number of nitrogens with zero attached hydrogens (tertiary/aromatic N) is 4. The topological polar surface area (TPSA) is 35.6 Å². The van der Waals surface area contributed by atoms with E-state index in [1.165, 1.54) is 63.9 Å². The molecule has 0 aliphatic carbocycles. The Hall–Kier alpha value is -7.60. The average molecular weight is 769 g/mol. The van der Waals surface area contributed by atoms with Gasteiger partial charge in [0.2, 0.25) is 5.95 Å². The molecule has 59 heavy (non-hydrogen) atoms. The first kappa shape index (κ1) is 32.5. The second-order valence-corrected chi connectivity index (χ2v) is 16.4. The van der Waals surface area contributed by atoms with Gasteiger partial charge in [0.1, 0.15) is 0 Å². The molecule has 4 aromatic heterocycles. The molecule has 0 unspecified atom stereocenters. The summed E-state index contributed by atoms with van der Waals surface area (Å²) in [5, 5.41) is 10.9. The van der Waals surface area contributed by atoms with E-state index < -0.39 is 0 Å². The van der Waals surface area contributed by atoms with Crippen LogP contribution in [0.4, 0.5) is 0 Å². The molecule has 0 amide bonds. The fraction of sp³-hybridized carbons (Fsp3) is 0. The number of fused-ring (bicyclic) bond motifs is 12. The number of rotatable bonds is 4. The van der Waals surface area contributed by atoms with Crippen LogP contribution in [0.15, 0.2) is 194 Å². The standard InChI is InChI=1S/C54H32N4S/c1-2-15-34(16-3-1)57-47-27-12-8-22-41(47)51-38-20-5-4-17-35(38)43(32-49(51)57)33-29-30-48-44(31-33)36-18-7-11-26-46(36)58(48)54-55-45-25-10-6-21-40(45)52(56-54)42-24-14-23-39-37-19-9-13-28-50(37)59-53(39)42/h1-32H. The Morgan fingerprint density at radius 1 is 0.373 bits per heavy atom. The van der Waals surface area contributed by atoms with E-state index in [0.29, 0.717) is 5.95 Å². The molecule has 0 atom stereocenters. The molecule has 0 fully saturated rings. The third kappa shape index (κ3) is 4.71. The van der Waals surface area contributed by atoms with E-state index in [1.807, 2.05) is 11.3 Å². The Balaban J connectivity index is 1.07. The van der Waals surface area contributed by atoms with E-state index in [1.54, 1.807) is 0 Å². The minimum Gasteiger partial charge on any atom is -0.309 e. The first-order valence-corrected chi connectivity index (χ1v) is 20.8. The lowest BCUT2D eigenvalue weighted by Gasteiger charge is -2.13. The zero-order valence-electron chi connectivity index (χ0n) is 31.7. The maximum atomic E-state index is 5.50. The first-order valence-electron chi connectivity index (χ1n) is 20.0. The normalized spacial score (nSPS) is 12.1. The zero-order valence-corrected chi connectivity index (χ0v) is 32.5. The molecule has 0 bridgehead atoms. The van der Waals surface area contributed by atoms with E-state index in [0.717, 1.165) is 49.7 Å². The first-order chi connectivity index (χ1) is 29.3. The van der Waals surface area contributed by atoms with Gasteiger partial charge in [-0.05, 0) is 76.5 Å². The highest BCUT2D eigenvalue weighted by atomic mass is 32.1. The molecule has 0 saturated heterocycles. The number of hydrogen-bond acceptors (Lipinski definition) is 3. The van der Waals surface area contributed by atoms with Gasteiger partial charge in [0.05, 0.1) is 33.3 Å². The molecule has 0 aliphatic rings. The van der Waals surface area contributed by atoms with Crippen LogP contribution in [0.1, 0.15) is 0 Å². The van der Waals surface area contributed by atoms with Crippen LogP contribution in [-0.4, -0.2) is 19.1 Å². The van der Waals surface area contributed by atoms with Crippen molar-refractivity contribution in [1.29, 1.82) is 0 Å². The Morgan fingerprint density at radius 3 is 1.86 bits per heavy atom. The smallest absolute Gasteiger partial charge is 0.235 e. The van der Waals surface area contributed by atoms with Gasteiger partial charge in [0, 0.05) is 58.4 Å². The maximum absolute atomic E-state index is 5.50. The van der Waals surface area contributed by atoms with Gasteiger partial charge >= 0.3 is 0 Å². The molecule has 13 rings (SSSR count). The number of thiophene rings is 1. The quantitative estimate of drug-likeness (QED) is 0.179. The monoisotopic (exact) mass is 768 g/mol. The van der Waals surface area contributed by atoms with Gasteiger partial charge in [-0.3, -0.25) is 4.57 Å². The fourth-order valence-electron chi connectivity index (χ4n) is 9.58. The molecule has 0 aliphatic heterocycles. The third-order valence-corrected chi connectivity index (χ3v) is 13.3. The van der Waals surface area contributed by atoms with Crippen LogP contribution in [0.2, 0.25) is 0 Å². The predicted octanol–water partition coefficient (Wildman–Crippen LogP) is 14.7. The summed E-state index contributed by atoms with van der Waals surface area (Å²) in [5.41, 5.74) is 11.0. The van der Waals surface area contributed by atoms with Crippen molar-refractivity contribution in [3.05, 3.63) is 194 Å². The van der Waals surface area contributed by atoms with Gasteiger partial charge in [0.15, 0.2) is 0 Å². The van der Waals surface area contributed by atoms with Crippen LogP contribution in [-0.2, 0) is 0 Å². The van der Waals surface area contributed by atoms with Crippen LogP contribution >= 0.6 is 11.3 Å². The Kier molecular flexibility index (Phi) is 6.85. The van der Waals surface area contributed by atoms with Gasteiger partial charge in [-0.1, -0.05) is 140 Å². The number of benzene rings is 9. The van der Waals surface area contributed by atoms with Crippen molar-refractivity contribution in [2.45, 2.75) is 0 Å². The molecule has 9 aromatic carbocycles. The van der Waals surface area contributed by atoms with Crippen molar-refractivity contribution in [2.75, 3.05) is 0 Å². The maximum Gasteiger partial charge on any atom is 0.235 e. The number of hydrogen-bond donors (Lipinski definition) is 0. The Labute approximate surface area is 342 Å². The minimum absolute atomic E-state index is 0.662. The summed E-state index contributed by atoms with van der Waals surface area (Å²) in [7, 11) is 0. The van der Waals surface area contributed by atoms with Gasteiger partial charge in [-0.15, -0.1) is 11.3 Å². The molecule has 4 heterocycles. The summed E-state index contributed by atoms with van der Waals surface area (Å²) in [5.74, 6) is 0.662. The van der Waals surface area contributed by atoms with Crippen molar-refractivity contribution < 1.29 is 0 Å². The summed E-state index contributed by atoms with van der Waals surface area (Å²) < 4.78 is 7.19. The van der Waals surface area contributed by atoms with E-state index in [9.17, 15) is 0 Å². The zero-order chi connectivity index (χ0) is 38.6. The van der Waals surface area contributed by atoms with E-state index >= 15 is 0 Å². The lowest BCUT2D eigenvalue weighted by molar-refractivity contribution is 1.01. The molecule has 274 valence electrons. The predicted molar refractivity (Wildman–Crippen MR) is 249 cm³/mol. The second-order valence-electron chi connectivity index (χ2n) is 15.3. The van der Waals surface area contributed by atoms with E-state index in [4.69, 9.17) is 9.97 Å². The van der Waals surface area contributed by atoms with Gasteiger partial charge in [-0.25, -0.2) is 9.97 Å². The highest BCUT2D eigenvalue weighted by Gasteiger charge is 2.22. The molecule has 5 heteroatoms. The molecule has 0 spiro atoms. The Bertz CT molecular complexity index is 3850. The molecule has 0 N–H and O–H groups in total. The average Bonchev–Trinajstić information content (AvgIpc) is 3.96. The largest absolute Gasteiger partial charge is 0.309 e. The summed E-state index contributed by atoms with van der Waals surface area (Å²) in [4.78, 5) is 10.8. The van der Waals surface area contributed by atoms with Gasteiger partial charge in [0.25, 0.3) is 0 Å². The van der Waals surface area contributed by atoms with Crippen LogP contribution in [0.3, 0.4) is 0 Å². The number of aromatic nitrogens is 4. The van der Waals surface area contributed by atoms with Crippen LogP contribution in [0.5, 0.6) is 0 Å². The summed E-state index contributed by atoms with van der Waals surface area (Å²) >= 11 is 1.83. The molecular formula is C54H32N4S. The fourth-order valence-corrected chi connectivity index (χ4v) is 10.8. The number of para-hydroxylation sites is 4. The highest BCUT2D eigenvalue weighted by molar-refractivity contribution is 7.26. The molecule has 0 radical (unpaired) electrons. The summed E-state index contributed by atoms with van der Waals surface area (Å²) in [6, 6.07) is 70.1. The molecular weight excluding hydrogens is 737 g/mol. The molecule has 0 saturated carbocycles. The minimum atomic E-state index is 0.662. The summed E-state index contributed by atoms with van der Waals surface area (Å²) in [6.45, 7) is 0. The van der Waals surface area contributed by atoms with Crippen molar-refractivity contribution in [3.8, 4) is 34.0 Å².